The molecule has 3 aromatic rings. The van der Waals surface area contributed by atoms with Gasteiger partial charge in [-0.3, -0.25) is 14.3 Å². The van der Waals surface area contributed by atoms with Crippen LogP contribution in [0.3, 0.4) is 0 Å². The molecule has 0 aliphatic rings. The van der Waals surface area contributed by atoms with Crippen molar-refractivity contribution in [3.8, 4) is 0 Å². The first-order valence-electron chi connectivity index (χ1n) is 7.81. The highest BCUT2D eigenvalue weighted by atomic mass is 19.1. The Bertz CT molecular complexity index is 998. The Morgan fingerprint density at radius 2 is 1.36 bits per heavy atom. The zero-order chi connectivity index (χ0) is 20.4. The molecule has 28 heavy (non-hydrogen) atoms. The summed E-state index contributed by atoms with van der Waals surface area (Å²) in [5, 5.41) is 8.24. The highest BCUT2D eigenvalue weighted by Crippen LogP contribution is 2.19. The van der Waals surface area contributed by atoms with Crippen molar-refractivity contribution in [2.24, 2.45) is 7.05 Å². The van der Waals surface area contributed by atoms with Crippen LogP contribution in [0.2, 0.25) is 0 Å². The third-order valence-corrected chi connectivity index (χ3v) is 3.65. The van der Waals surface area contributed by atoms with E-state index in [1.165, 1.54) is 13.2 Å². The van der Waals surface area contributed by atoms with Crippen LogP contribution < -0.4 is 10.6 Å². The van der Waals surface area contributed by atoms with E-state index in [1.807, 2.05) is 0 Å². The molecule has 0 bridgehead atoms. The smallest absolute Gasteiger partial charge is 0.277 e. The second-order valence-electron chi connectivity index (χ2n) is 5.72. The summed E-state index contributed by atoms with van der Waals surface area (Å²) in [5.41, 5.74) is -1.21. The summed E-state index contributed by atoms with van der Waals surface area (Å²) in [6.45, 7) is 0. The fraction of sp³-hybridized carbons (Fsp3) is 0.0556. The van der Waals surface area contributed by atoms with Gasteiger partial charge in [0.2, 0.25) is 0 Å². The van der Waals surface area contributed by atoms with Crippen LogP contribution in [0.25, 0.3) is 0 Å². The number of hydrogen-bond acceptors (Lipinski definition) is 3. The Morgan fingerprint density at radius 3 is 1.86 bits per heavy atom. The van der Waals surface area contributed by atoms with E-state index in [0.29, 0.717) is 12.1 Å². The summed E-state index contributed by atoms with van der Waals surface area (Å²) in [7, 11) is 1.44. The largest absolute Gasteiger partial charge is 0.319 e. The van der Waals surface area contributed by atoms with Gasteiger partial charge in [0.25, 0.3) is 11.8 Å². The van der Waals surface area contributed by atoms with Crippen molar-refractivity contribution in [3.05, 3.63) is 77.1 Å². The third kappa shape index (κ3) is 4.00. The fourth-order valence-corrected chi connectivity index (χ4v) is 2.38. The van der Waals surface area contributed by atoms with Crippen LogP contribution in [-0.4, -0.2) is 21.6 Å². The molecule has 0 radical (unpaired) electrons. The molecule has 2 aromatic carbocycles. The monoisotopic (exact) mass is 392 g/mol. The first-order chi connectivity index (χ1) is 13.2. The van der Waals surface area contributed by atoms with E-state index >= 15 is 0 Å². The van der Waals surface area contributed by atoms with Gasteiger partial charge in [-0.2, -0.15) is 5.10 Å². The molecular weight excluding hydrogens is 380 g/mol. The number of nitrogens with zero attached hydrogens (tertiary/aromatic N) is 2. The van der Waals surface area contributed by atoms with Crippen molar-refractivity contribution in [2.45, 2.75) is 0 Å². The van der Waals surface area contributed by atoms with Crippen LogP contribution in [0.4, 0.5) is 28.9 Å². The van der Waals surface area contributed by atoms with Gasteiger partial charge in [0.15, 0.2) is 5.69 Å². The Kier molecular flexibility index (Phi) is 5.12. The summed E-state index contributed by atoms with van der Waals surface area (Å²) in [6.07, 6.45) is 1.20. The van der Waals surface area contributed by atoms with Gasteiger partial charge in [0.05, 0.1) is 16.9 Å². The van der Waals surface area contributed by atoms with Gasteiger partial charge >= 0.3 is 0 Å². The van der Waals surface area contributed by atoms with Gasteiger partial charge in [-0.25, -0.2) is 17.6 Å². The number of amides is 2. The zero-order valence-electron chi connectivity index (χ0n) is 14.3. The van der Waals surface area contributed by atoms with E-state index in [0.717, 1.165) is 28.9 Å². The Labute approximate surface area is 155 Å². The summed E-state index contributed by atoms with van der Waals surface area (Å²) in [5.74, 6) is -5.48. The lowest BCUT2D eigenvalue weighted by Gasteiger charge is -2.08. The highest BCUT2D eigenvalue weighted by Gasteiger charge is 2.23. The normalized spacial score (nSPS) is 10.6. The Morgan fingerprint density at radius 1 is 0.857 bits per heavy atom. The lowest BCUT2D eigenvalue weighted by atomic mass is 10.2. The first-order valence-corrected chi connectivity index (χ1v) is 7.81. The second-order valence-corrected chi connectivity index (χ2v) is 5.72. The maximum atomic E-state index is 13.7. The van der Waals surface area contributed by atoms with Crippen LogP contribution in [0.1, 0.15) is 20.8 Å². The Balaban J connectivity index is 1.85. The molecule has 1 heterocycles. The molecule has 2 N–H and O–H groups in total. The molecule has 0 unspecified atom stereocenters. The summed E-state index contributed by atoms with van der Waals surface area (Å²) in [6, 6.07) is 5.10. The number of benzene rings is 2. The zero-order valence-corrected chi connectivity index (χ0v) is 14.3. The lowest BCUT2D eigenvalue weighted by molar-refractivity contribution is 0.0987. The van der Waals surface area contributed by atoms with E-state index in [2.05, 4.69) is 15.7 Å². The standard InChI is InChI=1S/C18H12F4N4O2/c1-26-8-11(17(27)23-14-4-2-9(19)6-12(14)21)16(25-26)18(28)24-15-5-3-10(20)7-13(15)22/h2-8H,1H3,(H,23,27)(H,24,28). The van der Waals surface area contributed by atoms with Gasteiger partial charge in [-0.1, -0.05) is 0 Å². The van der Waals surface area contributed by atoms with Crippen LogP contribution in [0.15, 0.2) is 42.6 Å². The number of nitrogens with one attached hydrogen (secondary N) is 2. The molecular formula is C18H12F4N4O2. The van der Waals surface area contributed by atoms with E-state index in [1.54, 1.807) is 0 Å². The minimum absolute atomic E-state index is 0.230. The average molecular weight is 392 g/mol. The van der Waals surface area contributed by atoms with Crippen molar-refractivity contribution < 1.29 is 27.2 Å². The quantitative estimate of drug-likeness (QED) is 0.668. The molecule has 0 spiro atoms. The fourth-order valence-electron chi connectivity index (χ4n) is 2.38. The highest BCUT2D eigenvalue weighted by molar-refractivity contribution is 6.14. The van der Waals surface area contributed by atoms with Crippen molar-refractivity contribution in [1.29, 1.82) is 0 Å². The number of carbonyl (C=O) groups is 2. The van der Waals surface area contributed by atoms with Crippen molar-refractivity contribution in [3.63, 3.8) is 0 Å². The van der Waals surface area contributed by atoms with Crippen LogP contribution >= 0.6 is 0 Å². The number of anilines is 2. The molecule has 0 saturated heterocycles. The summed E-state index contributed by atoms with van der Waals surface area (Å²) < 4.78 is 54.6. The number of hydrogen-bond donors (Lipinski definition) is 2. The van der Waals surface area contributed by atoms with E-state index < -0.39 is 35.1 Å². The predicted octanol–water partition coefficient (Wildman–Crippen LogP) is 3.48. The van der Waals surface area contributed by atoms with Crippen molar-refractivity contribution >= 4 is 23.2 Å². The maximum Gasteiger partial charge on any atom is 0.277 e. The van der Waals surface area contributed by atoms with Crippen molar-refractivity contribution in [2.75, 3.05) is 10.6 Å². The van der Waals surface area contributed by atoms with E-state index in [-0.39, 0.29) is 22.6 Å². The molecule has 144 valence electrons. The molecule has 10 heteroatoms. The molecule has 1 aromatic heterocycles. The first kappa shape index (κ1) is 19.1. The molecule has 3 rings (SSSR count). The Hall–Kier alpha value is -3.69. The number of aromatic nitrogens is 2. The lowest BCUT2D eigenvalue weighted by Crippen LogP contribution is -2.20. The van der Waals surface area contributed by atoms with Crippen LogP contribution in [0.5, 0.6) is 0 Å². The van der Waals surface area contributed by atoms with Gasteiger partial charge in [0, 0.05) is 25.4 Å². The van der Waals surface area contributed by atoms with Gasteiger partial charge < -0.3 is 10.6 Å². The van der Waals surface area contributed by atoms with Gasteiger partial charge in [0.1, 0.15) is 23.3 Å². The summed E-state index contributed by atoms with van der Waals surface area (Å²) >= 11 is 0. The number of halogens is 4. The molecule has 6 nitrogen and oxygen atoms in total. The third-order valence-electron chi connectivity index (χ3n) is 3.65. The summed E-state index contributed by atoms with van der Waals surface area (Å²) in [4.78, 5) is 24.8. The van der Waals surface area contributed by atoms with E-state index in [9.17, 15) is 27.2 Å². The SMILES string of the molecule is Cn1cc(C(=O)Nc2ccc(F)cc2F)c(C(=O)Nc2ccc(F)cc2F)n1. The average Bonchev–Trinajstić information content (AvgIpc) is 3.02. The molecule has 0 aliphatic carbocycles. The number of aryl methyl sites for hydroxylation is 1. The predicted molar refractivity (Wildman–Crippen MR) is 91.8 cm³/mol. The molecule has 2 amide bonds. The minimum atomic E-state index is -1.01. The number of rotatable bonds is 4. The molecule has 0 aliphatic heterocycles. The van der Waals surface area contributed by atoms with E-state index in [4.69, 9.17) is 0 Å². The molecule has 0 atom stereocenters. The van der Waals surface area contributed by atoms with Gasteiger partial charge in [-0.05, 0) is 24.3 Å². The maximum absolute atomic E-state index is 13.7. The minimum Gasteiger partial charge on any atom is -0.319 e. The topological polar surface area (TPSA) is 76.0 Å². The molecule has 0 saturated carbocycles. The second kappa shape index (κ2) is 7.51. The molecule has 0 fully saturated rings. The van der Waals surface area contributed by atoms with Crippen LogP contribution in [-0.2, 0) is 7.05 Å². The van der Waals surface area contributed by atoms with Crippen LogP contribution in [0, 0.1) is 23.3 Å². The van der Waals surface area contributed by atoms with Gasteiger partial charge in [-0.15, -0.1) is 0 Å². The van der Waals surface area contributed by atoms with Crippen molar-refractivity contribution in [1.82, 2.24) is 9.78 Å². The number of carbonyl (C=O) groups excluding carboxylic acids is 2.